The first-order chi connectivity index (χ1) is 8.34. The molecular weight excluding hydrogens is 253 g/mol. The SMILES string of the molecule is CC1(C)CCCCN1S(=O)(=O)c1ccc(F)cc1. The first-order valence-corrected chi connectivity index (χ1v) is 7.56. The molecule has 2 rings (SSSR count). The normalized spacial score (nSPS) is 20.8. The Morgan fingerprint density at radius 2 is 1.78 bits per heavy atom. The molecule has 1 aliphatic rings. The summed E-state index contributed by atoms with van der Waals surface area (Å²) in [6, 6.07) is 5.03. The predicted octanol–water partition coefficient (Wildman–Crippen LogP) is 2.78. The topological polar surface area (TPSA) is 37.4 Å². The number of rotatable bonds is 2. The second kappa shape index (κ2) is 4.63. The summed E-state index contributed by atoms with van der Waals surface area (Å²) in [5.41, 5.74) is -0.370. The number of benzene rings is 1. The van der Waals surface area contributed by atoms with Crippen LogP contribution in [0.5, 0.6) is 0 Å². The van der Waals surface area contributed by atoms with Gasteiger partial charge in [-0.3, -0.25) is 0 Å². The van der Waals surface area contributed by atoms with E-state index >= 15 is 0 Å². The van der Waals surface area contributed by atoms with Crippen LogP contribution in [0.3, 0.4) is 0 Å². The van der Waals surface area contributed by atoms with Crippen LogP contribution in [0.2, 0.25) is 0 Å². The minimum atomic E-state index is -3.52. The summed E-state index contributed by atoms with van der Waals surface area (Å²) >= 11 is 0. The maximum Gasteiger partial charge on any atom is 0.243 e. The Morgan fingerprint density at radius 3 is 2.33 bits per heavy atom. The molecule has 100 valence electrons. The summed E-state index contributed by atoms with van der Waals surface area (Å²) in [4.78, 5) is 0.166. The van der Waals surface area contributed by atoms with Crippen LogP contribution in [0.25, 0.3) is 0 Å². The molecule has 0 N–H and O–H groups in total. The molecule has 1 aromatic rings. The van der Waals surface area contributed by atoms with Crippen LogP contribution in [0.1, 0.15) is 33.1 Å². The Balaban J connectivity index is 2.38. The zero-order chi connectivity index (χ0) is 13.4. The van der Waals surface area contributed by atoms with Gasteiger partial charge in [0.1, 0.15) is 5.82 Å². The standard InChI is InChI=1S/C13H18FNO2S/c1-13(2)9-3-4-10-15(13)18(16,17)12-7-5-11(14)6-8-12/h5-8H,3-4,9-10H2,1-2H3. The van der Waals surface area contributed by atoms with E-state index in [0.29, 0.717) is 6.54 Å². The second-order valence-corrected chi connectivity index (χ2v) is 7.16. The molecule has 0 aliphatic carbocycles. The highest BCUT2D eigenvalue weighted by Gasteiger charge is 2.38. The molecule has 5 heteroatoms. The molecule has 0 aromatic heterocycles. The van der Waals surface area contributed by atoms with Gasteiger partial charge in [-0.1, -0.05) is 6.42 Å². The zero-order valence-electron chi connectivity index (χ0n) is 10.7. The number of sulfonamides is 1. The summed E-state index contributed by atoms with van der Waals surface area (Å²) < 4.78 is 39.4. The second-order valence-electron chi connectivity index (χ2n) is 5.30. The van der Waals surface area contributed by atoms with E-state index in [2.05, 4.69) is 0 Å². The maximum absolute atomic E-state index is 12.9. The molecule has 1 saturated heterocycles. The van der Waals surface area contributed by atoms with E-state index in [0.717, 1.165) is 19.3 Å². The largest absolute Gasteiger partial charge is 0.243 e. The van der Waals surface area contributed by atoms with E-state index in [1.807, 2.05) is 13.8 Å². The highest BCUT2D eigenvalue weighted by Crippen LogP contribution is 2.32. The third-order valence-electron chi connectivity index (χ3n) is 3.48. The van der Waals surface area contributed by atoms with Crippen molar-refractivity contribution in [2.75, 3.05) is 6.54 Å². The van der Waals surface area contributed by atoms with Crippen molar-refractivity contribution in [1.82, 2.24) is 4.31 Å². The van der Waals surface area contributed by atoms with Crippen molar-refractivity contribution in [1.29, 1.82) is 0 Å². The Morgan fingerprint density at radius 1 is 1.17 bits per heavy atom. The monoisotopic (exact) mass is 271 g/mol. The van der Waals surface area contributed by atoms with Gasteiger partial charge in [0.2, 0.25) is 10.0 Å². The average molecular weight is 271 g/mol. The van der Waals surface area contributed by atoms with Gasteiger partial charge < -0.3 is 0 Å². The van der Waals surface area contributed by atoms with Crippen molar-refractivity contribution in [3.05, 3.63) is 30.1 Å². The smallest absolute Gasteiger partial charge is 0.207 e. The summed E-state index contributed by atoms with van der Waals surface area (Å²) in [7, 11) is -3.52. The van der Waals surface area contributed by atoms with Crippen molar-refractivity contribution in [2.45, 2.75) is 43.5 Å². The molecule has 1 aliphatic heterocycles. The number of nitrogens with zero attached hydrogens (tertiary/aromatic N) is 1. The predicted molar refractivity (Wildman–Crippen MR) is 68.2 cm³/mol. The molecule has 3 nitrogen and oxygen atoms in total. The minimum Gasteiger partial charge on any atom is -0.207 e. The molecule has 1 heterocycles. The highest BCUT2D eigenvalue weighted by molar-refractivity contribution is 7.89. The minimum absolute atomic E-state index is 0.166. The first-order valence-electron chi connectivity index (χ1n) is 6.12. The van der Waals surface area contributed by atoms with Crippen molar-refractivity contribution < 1.29 is 12.8 Å². The average Bonchev–Trinajstić information content (AvgIpc) is 2.28. The van der Waals surface area contributed by atoms with Gasteiger partial charge >= 0.3 is 0 Å². The van der Waals surface area contributed by atoms with E-state index in [1.165, 1.54) is 28.6 Å². The molecule has 0 atom stereocenters. The third-order valence-corrected chi connectivity index (χ3v) is 5.60. The molecule has 18 heavy (non-hydrogen) atoms. The van der Waals surface area contributed by atoms with E-state index in [9.17, 15) is 12.8 Å². The van der Waals surface area contributed by atoms with Crippen LogP contribution in [0, 0.1) is 5.82 Å². The van der Waals surface area contributed by atoms with Gasteiger partial charge in [0.05, 0.1) is 4.90 Å². The molecule has 0 saturated carbocycles. The van der Waals surface area contributed by atoms with Crippen molar-refractivity contribution in [3.63, 3.8) is 0 Å². The van der Waals surface area contributed by atoms with Gasteiger partial charge in [0.25, 0.3) is 0 Å². The maximum atomic E-state index is 12.9. The van der Waals surface area contributed by atoms with E-state index in [1.54, 1.807) is 0 Å². The fraction of sp³-hybridized carbons (Fsp3) is 0.538. The Labute approximate surface area is 108 Å². The lowest BCUT2D eigenvalue weighted by atomic mass is 9.93. The molecule has 1 aromatic carbocycles. The van der Waals surface area contributed by atoms with Crippen LogP contribution in [0.15, 0.2) is 29.2 Å². The first kappa shape index (κ1) is 13.5. The fourth-order valence-corrected chi connectivity index (χ4v) is 4.27. The van der Waals surface area contributed by atoms with Gasteiger partial charge in [0.15, 0.2) is 0 Å². The van der Waals surface area contributed by atoms with Crippen LogP contribution < -0.4 is 0 Å². The lowest BCUT2D eigenvalue weighted by molar-refractivity contribution is 0.170. The van der Waals surface area contributed by atoms with E-state index in [4.69, 9.17) is 0 Å². The lowest BCUT2D eigenvalue weighted by Crippen LogP contribution is -2.50. The Bertz CT molecular complexity index is 522. The number of hydrogen-bond donors (Lipinski definition) is 0. The molecular formula is C13H18FNO2S. The van der Waals surface area contributed by atoms with Crippen LogP contribution in [-0.2, 0) is 10.0 Å². The van der Waals surface area contributed by atoms with Crippen molar-refractivity contribution in [2.24, 2.45) is 0 Å². The Kier molecular flexibility index (Phi) is 3.47. The van der Waals surface area contributed by atoms with Crippen LogP contribution >= 0.6 is 0 Å². The molecule has 0 radical (unpaired) electrons. The van der Waals surface area contributed by atoms with E-state index < -0.39 is 15.8 Å². The third kappa shape index (κ3) is 2.42. The van der Waals surface area contributed by atoms with Gasteiger partial charge in [-0.2, -0.15) is 4.31 Å². The number of hydrogen-bond acceptors (Lipinski definition) is 2. The van der Waals surface area contributed by atoms with Crippen LogP contribution in [0.4, 0.5) is 4.39 Å². The Hall–Kier alpha value is -0.940. The fourth-order valence-electron chi connectivity index (χ4n) is 2.42. The zero-order valence-corrected chi connectivity index (χ0v) is 11.5. The molecule has 0 spiro atoms. The number of halogens is 1. The highest BCUT2D eigenvalue weighted by atomic mass is 32.2. The lowest BCUT2D eigenvalue weighted by Gasteiger charge is -2.41. The number of piperidine rings is 1. The molecule has 0 amide bonds. The van der Waals surface area contributed by atoms with Gasteiger partial charge in [-0.25, -0.2) is 12.8 Å². The molecule has 0 bridgehead atoms. The van der Waals surface area contributed by atoms with Crippen LogP contribution in [-0.4, -0.2) is 24.8 Å². The summed E-state index contributed by atoms with van der Waals surface area (Å²) in [6.45, 7) is 4.41. The quantitative estimate of drug-likeness (QED) is 0.829. The molecule has 1 fully saturated rings. The van der Waals surface area contributed by atoms with Crippen molar-refractivity contribution in [3.8, 4) is 0 Å². The molecule has 0 unspecified atom stereocenters. The summed E-state index contributed by atoms with van der Waals surface area (Å²) in [6.07, 6.45) is 2.78. The summed E-state index contributed by atoms with van der Waals surface area (Å²) in [5.74, 6) is -0.424. The summed E-state index contributed by atoms with van der Waals surface area (Å²) in [5, 5.41) is 0. The van der Waals surface area contributed by atoms with E-state index in [-0.39, 0.29) is 10.4 Å². The van der Waals surface area contributed by atoms with Gasteiger partial charge in [-0.15, -0.1) is 0 Å². The van der Waals surface area contributed by atoms with Gasteiger partial charge in [0, 0.05) is 12.1 Å². The van der Waals surface area contributed by atoms with Crippen molar-refractivity contribution >= 4 is 10.0 Å². The van der Waals surface area contributed by atoms with Gasteiger partial charge in [-0.05, 0) is 51.0 Å².